The molecule has 30 heavy (non-hydrogen) atoms. The summed E-state index contributed by atoms with van der Waals surface area (Å²) >= 11 is 1.22. The van der Waals surface area contributed by atoms with Gasteiger partial charge in [-0.2, -0.15) is 0 Å². The predicted octanol–water partition coefficient (Wildman–Crippen LogP) is 0.929. The van der Waals surface area contributed by atoms with Crippen LogP contribution in [0.5, 0.6) is 0 Å². The van der Waals surface area contributed by atoms with E-state index >= 15 is 0 Å². The molecule has 2 aliphatic heterocycles. The lowest BCUT2D eigenvalue weighted by Gasteiger charge is -2.29. The fourth-order valence-electron chi connectivity index (χ4n) is 4.44. The van der Waals surface area contributed by atoms with Crippen LogP contribution >= 0.6 is 11.3 Å². The van der Waals surface area contributed by atoms with Crippen molar-refractivity contribution in [3.8, 4) is 0 Å². The first-order valence-corrected chi connectivity index (χ1v) is 10.2. The number of aliphatic carboxylic acids is 2. The van der Waals surface area contributed by atoms with Gasteiger partial charge in [-0.1, -0.05) is 30.3 Å². The van der Waals surface area contributed by atoms with Crippen molar-refractivity contribution < 1.29 is 29.4 Å². The zero-order chi connectivity index (χ0) is 21.5. The van der Waals surface area contributed by atoms with Gasteiger partial charge in [0.15, 0.2) is 0 Å². The number of nitrogens with one attached hydrogen (secondary N) is 1. The average Bonchev–Trinajstić information content (AvgIpc) is 3.39. The molecule has 0 saturated carbocycles. The molecule has 3 N–H and O–H groups in total. The highest BCUT2D eigenvalue weighted by Crippen LogP contribution is 2.50. The summed E-state index contributed by atoms with van der Waals surface area (Å²) in [4.78, 5) is 55.4. The summed E-state index contributed by atoms with van der Waals surface area (Å²) < 4.78 is 0. The van der Waals surface area contributed by atoms with E-state index in [1.807, 2.05) is 30.3 Å². The molecule has 4 unspecified atom stereocenters. The normalized spacial score (nSPS) is 28.0. The summed E-state index contributed by atoms with van der Waals surface area (Å²) in [5.74, 6) is -6.33. The number of likely N-dealkylation sites (tertiary alicyclic amines) is 1. The van der Waals surface area contributed by atoms with Gasteiger partial charge in [-0.25, -0.2) is 4.98 Å². The van der Waals surface area contributed by atoms with E-state index in [0.717, 1.165) is 10.5 Å². The van der Waals surface area contributed by atoms with E-state index in [2.05, 4.69) is 10.3 Å². The molecule has 0 radical (unpaired) electrons. The Labute approximate surface area is 175 Å². The first-order valence-electron chi connectivity index (χ1n) is 9.36. The maximum atomic E-state index is 13.2. The van der Waals surface area contributed by atoms with E-state index in [9.17, 15) is 29.4 Å². The van der Waals surface area contributed by atoms with Crippen LogP contribution in [0.3, 0.4) is 0 Å². The van der Waals surface area contributed by atoms with Crippen molar-refractivity contribution in [1.29, 1.82) is 0 Å². The van der Waals surface area contributed by atoms with Crippen LogP contribution in [0.2, 0.25) is 0 Å². The number of carbonyl (C=O) groups excluding carboxylic acids is 2. The number of carboxylic acids is 2. The van der Waals surface area contributed by atoms with Crippen molar-refractivity contribution in [3.05, 3.63) is 52.5 Å². The number of imide groups is 1. The van der Waals surface area contributed by atoms with Gasteiger partial charge in [0.25, 0.3) is 0 Å². The van der Waals surface area contributed by atoms with Gasteiger partial charge in [0, 0.05) is 18.1 Å². The summed E-state index contributed by atoms with van der Waals surface area (Å²) in [6.07, 6.45) is 1.12. The standard InChI is InChI=1S/C20H19N3O6S/c24-12(25)10-20(19(28)29)14-13(15(22-20)16-21-7-9-30-16)17(26)23(18(14)27)8-6-11-4-2-1-3-5-11/h1-5,7,9,13-15,22H,6,8,10H2,(H,24,25)(H,28,29). The average molecular weight is 429 g/mol. The molecule has 2 fully saturated rings. The molecule has 3 heterocycles. The Hall–Kier alpha value is -3.11. The Morgan fingerprint density at radius 1 is 1.17 bits per heavy atom. The third-order valence-corrected chi connectivity index (χ3v) is 6.60. The first-order chi connectivity index (χ1) is 14.3. The number of carboxylic acid groups (broad SMARTS) is 2. The highest BCUT2D eigenvalue weighted by molar-refractivity contribution is 7.09. The number of benzene rings is 1. The lowest BCUT2D eigenvalue weighted by molar-refractivity contribution is -0.156. The molecule has 10 heteroatoms. The summed E-state index contributed by atoms with van der Waals surface area (Å²) in [5.41, 5.74) is -1.15. The molecule has 4 rings (SSSR count). The maximum absolute atomic E-state index is 13.2. The second-order valence-electron chi connectivity index (χ2n) is 7.41. The van der Waals surface area contributed by atoms with E-state index in [4.69, 9.17) is 0 Å². The van der Waals surface area contributed by atoms with Gasteiger partial charge in [0.05, 0.1) is 24.3 Å². The van der Waals surface area contributed by atoms with Crippen LogP contribution < -0.4 is 5.32 Å². The molecule has 0 spiro atoms. The molecule has 9 nitrogen and oxygen atoms in total. The van der Waals surface area contributed by atoms with Crippen molar-refractivity contribution in [2.24, 2.45) is 11.8 Å². The van der Waals surface area contributed by atoms with Crippen molar-refractivity contribution in [2.75, 3.05) is 6.54 Å². The second kappa shape index (κ2) is 7.62. The zero-order valence-electron chi connectivity index (χ0n) is 15.7. The van der Waals surface area contributed by atoms with Crippen LogP contribution in [0.1, 0.15) is 23.0 Å². The Balaban J connectivity index is 1.70. The minimum atomic E-state index is -2.08. The summed E-state index contributed by atoms with van der Waals surface area (Å²) in [5, 5.41) is 24.2. The van der Waals surface area contributed by atoms with Gasteiger partial charge in [0.1, 0.15) is 10.5 Å². The molecule has 156 valence electrons. The highest BCUT2D eigenvalue weighted by atomic mass is 32.1. The third kappa shape index (κ3) is 3.17. The number of aromatic nitrogens is 1. The van der Waals surface area contributed by atoms with Crippen molar-refractivity contribution >= 4 is 35.1 Å². The Morgan fingerprint density at radius 3 is 2.50 bits per heavy atom. The van der Waals surface area contributed by atoms with Crippen LogP contribution in [0, 0.1) is 11.8 Å². The van der Waals surface area contributed by atoms with Gasteiger partial charge in [0.2, 0.25) is 11.8 Å². The van der Waals surface area contributed by atoms with Gasteiger partial charge in [-0.05, 0) is 12.0 Å². The van der Waals surface area contributed by atoms with Gasteiger partial charge < -0.3 is 10.2 Å². The van der Waals surface area contributed by atoms with Crippen molar-refractivity contribution in [2.45, 2.75) is 24.4 Å². The number of amides is 2. The monoisotopic (exact) mass is 429 g/mol. The number of hydrogen-bond acceptors (Lipinski definition) is 7. The Morgan fingerprint density at radius 2 is 1.90 bits per heavy atom. The van der Waals surface area contributed by atoms with Crippen LogP contribution in [0.25, 0.3) is 0 Å². The fourth-order valence-corrected chi connectivity index (χ4v) is 5.18. The number of nitrogens with zero attached hydrogens (tertiary/aromatic N) is 2. The van der Waals surface area contributed by atoms with Crippen LogP contribution in [-0.2, 0) is 25.6 Å². The third-order valence-electron chi connectivity index (χ3n) is 5.74. The number of fused-ring (bicyclic) bond motifs is 1. The molecule has 2 saturated heterocycles. The van der Waals surface area contributed by atoms with Crippen molar-refractivity contribution in [3.63, 3.8) is 0 Å². The minimum absolute atomic E-state index is 0.0992. The van der Waals surface area contributed by atoms with E-state index in [1.165, 1.54) is 17.5 Å². The van der Waals surface area contributed by atoms with Gasteiger partial charge >= 0.3 is 11.9 Å². The molecule has 2 aliphatic rings. The molecular formula is C20H19N3O6S. The SMILES string of the molecule is O=C(O)CC1(C(=O)O)NC(c2nccs2)C2C(=O)N(CCc3ccccc3)C(=O)C21. The van der Waals surface area contributed by atoms with Gasteiger partial charge in [-0.3, -0.25) is 29.4 Å². The summed E-state index contributed by atoms with van der Waals surface area (Å²) in [7, 11) is 0. The predicted molar refractivity (Wildman–Crippen MR) is 104 cm³/mol. The Bertz CT molecular complexity index is 995. The number of hydrogen-bond donors (Lipinski definition) is 3. The smallest absolute Gasteiger partial charge is 0.325 e. The largest absolute Gasteiger partial charge is 0.481 e. The second-order valence-corrected chi connectivity index (χ2v) is 8.33. The lowest BCUT2D eigenvalue weighted by Crippen LogP contribution is -2.57. The number of rotatable bonds is 7. The van der Waals surface area contributed by atoms with E-state index in [0.29, 0.717) is 11.4 Å². The summed E-state index contributed by atoms with van der Waals surface area (Å²) in [6, 6.07) is 8.46. The van der Waals surface area contributed by atoms with Crippen LogP contribution in [-0.4, -0.2) is 55.9 Å². The minimum Gasteiger partial charge on any atom is -0.481 e. The fraction of sp³-hybridized carbons (Fsp3) is 0.350. The van der Waals surface area contributed by atoms with Gasteiger partial charge in [-0.15, -0.1) is 11.3 Å². The lowest BCUT2D eigenvalue weighted by atomic mass is 9.78. The maximum Gasteiger partial charge on any atom is 0.325 e. The molecule has 4 atom stereocenters. The Kier molecular flexibility index (Phi) is 5.12. The summed E-state index contributed by atoms with van der Waals surface area (Å²) in [6.45, 7) is 0.0992. The van der Waals surface area contributed by atoms with E-state index < -0.39 is 53.6 Å². The molecule has 0 bridgehead atoms. The van der Waals surface area contributed by atoms with Crippen LogP contribution in [0.15, 0.2) is 41.9 Å². The van der Waals surface area contributed by atoms with E-state index in [-0.39, 0.29) is 6.54 Å². The quantitative estimate of drug-likeness (QED) is 0.553. The number of thiazole rings is 1. The molecule has 2 amide bonds. The molecule has 2 aromatic rings. The first kappa shape index (κ1) is 20.2. The van der Waals surface area contributed by atoms with Crippen molar-refractivity contribution in [1.82, 2.24) is 15.2 Å². The number of carbonyl (C=O) groups is 4. The molecule has 1 aromatic heterocycles. The molecular weight excluding hydrogens is 410 g/mol. The highest BCUT2D eigenvalue weighted by Gasteiger charge is 2.69. The molecule has 0 aliphatic carbocycles. The molecule has 1 aromatic carbocycles. The van der Waals surface area contributed by atoms with Crippen LogP contribution in [0.4, 0.5) is 0 Å². The van der Waals surface area contributed by atoms with E-state index in [1.54, 1.807) is 5.38 Å². The zero-order valence-corrected chi connectivity index (χ0v) is 16.5. The topological polar surface area (TPSA) is 137 Å².